The summed E-state index contributed by atoms with van der Waals surface area (Å²) in [6.07, 6.45) is 5.73. The molecule has 8 heavy (non-hydrogen) atoms. The van der Waals surface area contributed by atoms with Gasteiger partial charge >= 0.3 is 61.5 Å². The van der Waals surface area contributed by atoms with E-state index < -0.39 is 0 Å². The van der Waals surface area contributed by atoms with Gasteiger partial charge in [-0.05, 0) is 0 Å². The van der Waals surface area contributed by atoms with E-state index in [1.165, 1.54) is 29.8 Å². The van der Waals surface area contributed by atoms with Crippen LogP contribution in [-0.2, 0) is 24.7 Å². The first-order chi connectivity index (χ1) is 3.41. The summed E-state index contributed by atoms with van der Waals surface area (Å²) in [5.41, 5.74) is 0. The predicted octanol–water partition coefficient (Wildman–Crippen LogP) is 2.36. The summed E-state index contributed by atoms with van der Waals surface area (Å²) in [6.45, 7) is 2.25. The molecule has 0 unspecified atom stereocenters. The molecular formula is C6H14OZr. The van der Waals surface area contributed by atoms with Gasteiger partial charge in [0.05, 0.1) is 0 Å². The van der Waals surface area contributed by atoms with E-state index in [2.05, 4.69) is 6.92 Å². The number of rotatable bonds is 4. The van der Waals surface area contributed by atoms with Crippen molar-refractivity contribution in [3.8, 4) is 0 Å². The van der Waals surface area contributed by atoms with E-state index in [0.717, 1.165) is 0 Å². The van der Waals surface area contributed by atoms with Crippen LogP contribution in [0.25, 0.3) is 0 Å². The Labute approximate surface area is 67.0 Å². The molecule has 0 saturated carbocycles. The molecule has 0 aromatic carbocycles. The second-order valence-corrected chi connectivity index (χ2v) is 3.04. The molecule has 0 rings (SSSR count). The van der Waals surface area contributed by atoms with E-state index in [9.17, 15) is 0 Å². The second-order valence-electron chi connectivity index (χ2n) is 1.81. The first kappa shape index (κ1) is 11.6. The fourth-order valence-corrected chi connectivity index (χ4v) is 1.17. The third kappa shape index (κ3) is 9.96. The summed E-state index contributed by atoms with van der Waals surface area (Å²) >= 11 is 1.70. The first-order valence-corrected chi connectivity index (χ1v) is 4.80. The fraction of sp³-hybridized carbons (Fsp3) is 1.00. The topological polar surface area (TPSA) is 30.0 Å². The number of hydrogen-bond acceptors (Lipinski definition) is 1. The monoisotopic (exact) mass is 192 g/mol. The SMILES string of the molecule is CCCCC[CH2][Zr+].[OH-]. The molecule has 0 spiro atoms. The molecule has 0 aliphatic carbocycles. The van der Waals surface area contributed by atoms with E-state index in [1.807, 2.05) is 0 Å². The predicted molar refractivity (Wildman–Crippen MR) is 30.9 cm³/mol. The summed E-state index contributed by atoms with van der Waals surface area (Å²) in [6, 6.07) is 0. The molecule has 0 bridgehead atoms. The summed E-state index contributed by atoms with van der Waals surface area (Å²) < 4.78 is 1.45. The zero-order valence-electron chi connectivity index (χ0n) is 5.48. The molecule has 1 nitrogen and oxygen atoms in total. The Kier molecular flexibility index (Phi) is 15.6. The maximum absolute atomic E-state index is 2.25. The van der Waals surface area contributed by atoms with Crippen molar-refractivity contribution in [2.75, 3.05) is 0 Å². The van der Waals surface area contributed by atoms with Gasteiger partial charge in [-0.25, -0.2) is 0 Å². The molecule has 0 aliphatic heterocycles. The van der Waals surface area contributed by atoms with Gasteiger partial charge in [-0.2, -0.15) is 0 Å². The zero-order chi connectivity index (χ0) is 5.54. The third-order valence-electron chi connectivity index (χ3n) is 1.03. The maximum atomic E-state index is 2.25. The molecule has 0 aromatic rings. The van der Waals surface area contributed by atoms with Crippen LogP contribution >= 0.6 is 0 Å². The van der Waals surface area contributed by atoms with Gasteiger partial charge in [0.15, 0.2) is 0 Å². The molecule has 1 N–H and O–H groups in total. The Balaban J connectivity index is 0. The summed E-state index contributed by atoms with van der Waals surface area (Å²) in [4.78, 5) is 0. The second kappa shape index (κ2) is 10.8. The van der Waals surface area contributed by atoms with Crippen LogP contribution in [0.2, 0.25) is 4.13 Å². The van der Waals surface area contributed by atoms with E-state index in [0.29, 0.717) is 0 Å². The largest absolute Gasteiger partial charge is 0.870 e. The molecule has 2 heteroatoms. The molecular weight excluding hydrogens is 179 g/mol. The van der Waals surface area contributed by atoms with Crippen LogP contribution in [0.4, 0.5) is 0 Å². The maximum Gasteiger partial charge on any atom is -0.870 e. The molecule has 0 heterocycles. The fourth-order valence-electron chi connectivity index (χ4n) is 0.552. The Morgan fingerprint density at radius 3 is 2.12 bits per heavy atom. The average Bonchev–Trinajstić information content (AvgIpc) is 1.69. The van der Waals surface area contributed by atoms with E-state index in [1.54, 1.807) is 24.7 Å². The number of unbranched alkanes of at least 4 members (excludes halogenated alkanes) is 3. The van der Waals surface area contributed by atoms with Crippen molar-refractivity contribution in [3.05, 3.63) is 0 Å². The Morgan fingerprint density at radius 1 is 1.12 bits per heavy atom. The van der Waals surface area contributed by atoms with Crippen LogP contribution in [-0.4, -0.2) is 5.48 Å². The van der Waals surface area contributed by atoms with Gasteiger partial charge in [-0.1, -0.05) is 0 Å². The van der Waals surface area contributed by atoms with Crippen LogP contribution in [0.1, 0.15) is 32.6 Å². The summed E-state index contributed by atoms with van der Waals surface area (Å²) in [5.74, 6) is 0. The normalized spacial score (nSPS) is 8.00. The Bertz CT molecular complexity index is 27.7. The molecule has 0 saturated heterocycles. The van der Waals surface area contributed by atoms with Crippen molar-refractivity contribution in [2.24, 2.45) is 0 Å². The van der Waals surface area contributed by atoms with Gasteiger partial charge in [0.1, 0.15) is 0 Å². The molecule has 0 aromatic heterocycles. The molecule has 48 valence electrons. The van der Waals surface area contributed by atoms with E-state index in [-0.39, 0.29) is 5.48 Å². The van der Waals surface area contributed by atoms with Gasteiger partial charge in [-0.15, -0.1) is 0 Å². The van der Waals surface area contributed by atoms with Gasteiger partial charge in [-0.3, -0.25) is 0 Å². The van der Waals surface area contributed by atoms with Crippen LogP contribution in [0, 0.1) is 0 Å². The van der Waals surface area contributed by atoms with Crippen molar-refractivity contribution in [3.63, 3.8) is 0 Å². The summed E-state index contributed by atoms with van der Waals surface area (Å²) in [5, 5.41) is 0. The van der Waals surface area contributed by atoms with E-state index in [4.69, 9.17) is 0 Å². The van der Waals surface area contributed by atoms with Crippen LogP contribution < -0.4 is 0 Å². The quantitative estimate of drug-likeness (QED) is 0.630. The standard InChI is InChI=1S/C6H13.H2O.Zr/c1-3-5-6-4-2;;/h1,3-6H2,2H3;1H2;/q;;+1/p-1. The summed E-state index contributed by atoms with van der Waals surface area (Å²) in [7, 11) is 0. The average molecular weight is 193 g/mol. The Hall–Kier alpha value is 0.843. The third-order valence-corrected chi connectivity index (χ3v) is 1.90. The van der Waals surface area contributed by atoms with Gasteiger partial charge in [0, 0.05) is 0 Å². The molecule has 0 atom stereocenters. The first-order valence-electron chi connectivity index (χ1n) is 3.06. The molecule has 0 amide bonds. The van der Waals surface area contributed by atoms with Crippen LogP contribution in [0.3, 0.4) is 0 Å². The minimum atomic E-state index is 0. The van der Waals surface area contributed by atoms with Crippen molar-refractivity contribution in [1.82, 2.24) is 0 Å². The van der Waals surface area contributed by atoms with Crippen molar-refractivity contribution >= 4 is 0 Å². The minimum absolute atomic E-state index is 0. The number of hydrogen-bond donors (Lipinski definition) is 0. The molecule has 0 radical (unpaired) electrons. The van der Waals surface area contributed by atoms with Gasteiger partial charge in [0.2, 0.25) is 0 Å². The zero-order valence-corrected chi connectivity index (χ0v) is 7.94. The van der Waals surface area contributed by atoms with Gasteiger partial charge < -0.3 is 5.48 Å². The minimum Gasteiger partial charge on any atom is -0.870 e. The smallest absolute Gasteiger partial charge is 0.870 e. The van der Waals surface area contributed by atoms with Crippen molar-refractivity contribution in [1.29, 1.82) is 0 Å². The van der Waals surface area contributed by atoms with Gasteiger partial charge in [0.25, 0.3) is 0 Å². The van der Waals surface area contributed by atoms with Crippen molar-refractivity contribution < 1.29 is 30.2 Å². The van der Waals surface area contributed by atoms with Crippen LogP contribution in [0.15, 0.2) is 0 Å². The van der Waals surface area contributed by atoms with Crippen LogP contribution in [0.5, 0.6) is 0 Å². The molecule has 0 fully saturated rings. The Morgan fingerprint density at radius 2 is 1.75 bits per heavy atom. The molecule has 0 aliphatic rings. The van der Waals surface area contributed by atoms with Crippen molar-refractivity contribution in [2.45, 2.75) is 36.7 Å². The van der Waals surface area contributed by atoms with E-state index >= 15 is 0 Å².